The number of halogens is 1. The molecule has 1 amide bonds. The van der Waals surface area contributed by atoms with E-state index in [0.717, 1.165) is 31.6 Å². The lowest BCUT2D eigenvalue weighted by atomic mass is 10.1. The van der Waals surface area contributed by atoms with Crippen LogP contribution in [0, 0.1) is 12.8 Å². The number of nitrogens with zero attached hydrogens (tertiary/aromatic N) is 1. The molecule has 0 saturated carbocycles. The molecule has 1 aromatic carbocycles. The molecular formula is C16H23ClN2O2. The van der Waals surface area contributed by atoms with Crippen molar-refractivity contribution in [3.8, 4) is 5.75 Å². The van der Waals surface area contributed by atoms with Gasteiger partial charge in [-0.1, -0.05) is 11.6 Å². The zero-order chi connectivity index (χ0) is 15.4. The van der Waals surface area contributed by atoms with Crippen LogP contribution in [-0.4, -0.2) is 43.6 Å². The lowest BCUT2D eigenvalue weighted by molar-refractivity contribution is -0.137. The first kappa shape index (κ1) is 16.1. The number of carbonyl (C=O) groups excluding carboxylic acids is 1. The fourth-order valence-electron chi connectivity index (χ4n) is 2.73. The molecule has 0 aliphatic carbocycles. The van der Waals surface area contributed by atoms with Gasteiger partial charge in [-0.2, -0.15) is 0 Å². The number of carbonyl (C=O) groups is 1. The van der Waals surface area contributed by atoms with Crippen LogP contribution in [0.2, 0.25) is 5.02 Å². The second-order valence-electron chi connectivity index (χ2n) is 5.67. The molecule has 0 unspecified atom stereocenters. The number of amides is 1. The monoisotopic (exact) mass is 310 g/mol. The third-order valence-electron chi connectivity index (χ3n) is 3.88. The summed E-state index contributed by atoms with van der Waals surface area (Å²) in [6, 6.07) is 5.43. The molecule has 5 heteroatoms. The molecule has 0 spiro atoms. The summed E-state index contributed by atoms with van der Waals surface area (Å²) >= 11 is 5.93. The smallest absolute Gasteiger partial charge is 0.263 e. The van der Waals surface area contributed by atoms with Gasteiger partial charge in [0.05, 0.1) is 0 Å². The van der Waals surface area contributed by atoms with Gasteiger partial charge in [-0.25, -0.2) is 0 Å². The van der Waals surface area contributed by atoms with Crippen molar-refractivity contribution in [3.63, 3.8) is 0 Å². The third kappa shape index (κ3) is 4.11. The average Bonchev–Trinajstić information content (AvgIpc) is 2.90. The van der Waals surface area contributed by atoms with E-state index in [2.05, 4.69) is 5.32 Å². The molecule has 0 aromatic heterocycles. The van der Waals surface area contributed by atoms with Crippen LogP contribution in [-0.2, 0) is 4.79 Å². The summed E-state index contributed by atoms with van der Waals surface area (Å²) in [5.74, 6) is 1.32. The lowest BCUT2D eigenvalue weighted by Gasteiger charge is -2.22. The maximum atomic E-state index is 12.4. The molecule has 0 radical (unpaired) electrons. The van der Waals surface area contributed by atoms with Gasteiger partial charge in [-0.05, 0) is 63.5 Å². The van der Waals surface area contributed by atoms with Gasteiger partial charge in [-0.15, -0.1) is 0 Å². The first-order chi connectivity index (χ1) is 10.0. The SMILES string of the molecule is CNC[C@H]1CCN(C(=O)[C@@H](C)Oc2ccc(Cl)cc2C)C1. The molecule has 1 aliphatic heterocycles. The molecule has 2 atom stereocenters. The highest BCUT2D eigenvalue weighted by Gasteiger charge is 2.29. The summed E-state index contributed by atoms with van der Waals surface area (Å²) in [5.41, 5.74) is 0.941. The number of ether oxygens (including phenoxy) is 1. The van der Waals surface area contributed by atoms with Gasteiger partial charge in [-0.3, -0.25) is 4.79 Å². The Morgan fingerprint density at radius 2 is 2.33 bits per heavy atom. The van der Waals surface area contributed by atoms with E-state index in [9.17, 15) is 4.79 Å². The average molecular weight is 311 g/mol. The minimum Gasteiger partial charge on any atom is -0.481 e. The van der Waals surface area contributed by atoms with Gasteiger partial charge in [0.15, 0.2) is 6.10 Å². The van der Waals surface area contributed by atoms with Crippen molar-refractivity contribution in [2.75, 3.05) is 26.7 Å². The molecule has 1 aliphatic rings. The molecule has 1 saturated heterocycles. The number of aryl methyl sites for hydroxylation is 1. The van der Waals surface area contributed by atoms with Crippen molar-refractivity contribution >= 4 is 17.5 Å². The minimum atomic E-state index is -0.474. The molecule has 1 N–H and O–H groups in total. The molecule has 1 heterocycles. The fraction of sp³-hybridized carbons (Fsp3) is 0.562. The molecule has 21 heavy (non-hydrogen) atoms. The second-order valence-corrected chi connectivity index (χ2v) is 6.10. The first-order valence-corrected chi connectivity index (χ1v) is 7.75. The molecule has 1 fully saturated rings. The van der Waals surface area contributed by atoms with Crippen molar-refractivity contribution in [2.45, 2.75) is 26.4 Å². The van der Waals surface area contributed by atoms with Crippen LogP contribution in [0.5, 0.6) is 5.75 Å². The summed E-state index contributed by atoms with van der Waals surface area (Å²) < 4.78 is 5.80. The molecule has 1 aromatic rings. The number of likely N-dealkylation sites (tertiary alicyclic amines) is 1. The molecule has 2 rings (SSSR count). The number of hydrogen-bond donors (Lipinski definition) is 1. The Hall–Kier alpha value is -1.26. The van der Waals surface area contributed by atoms with Crippen molar-refractivity contribution in [3.05, 3.63) is 28.8 Å². The maximum absolute atomic E-state index is 12.4. The zero-order valence-corrected chi connectivity index (χ0v) is 13.6. The Labute approximate surface area is 131 Å². The van der Waals surface area contributed by atoms with Crippen molar-refractivity contribution in [1.82, 2.24) is 10.2 Å². The van der Waals surface area contributed by atoms with E-state index < -0.39 is 6.10 Å². The summed E-state index contributed by atoms with van der Waals surface area (Å²) in [7, 11) is 1.94. The summed E-state index contributed by atoms with van der Waals surface area (Å²) in [6.07, 6.45) is 0.581. The molecule has 0 bridgehead atoms. The summed E-state index contributed by atoms with van der Waals surface area (Å²) in [5, 5.41) is 3.84. The van der Waals surface area contributed by atoms with Gasteiger partial charge >= 0.3 is 0 Å². The predicted octanol–water partition coefficient (Wildman–Crippen LogP) is 2.48. The topological polar surface area (TPSA) is 41.6 Å². The summed E-state index contributed by atoms with van der Waals surface area (Å²) in [4.78, 5) is 14.3. The van der Waals surface area contributed by atoms with Crippen LogP contribution in [0.3, 0.4) is 0 Å². The van der Waals surface area contributed by atoms with Crippen LogP contribution < -0.4 is 10.1 Å². The number of rotatable bonds is 5. The first-order valence-electron chi connectivity index (χ1n) is 7.37. The van der Waals surface area contributed by atoms with Gasteiger partial charge in [0, 0.05) is 18.1 Å². The van der Waals surface area contributed by atoms with Crippen LogP contribution in [0.25, 0.3) is 0 Å². The molecule has 116 valence electrons. The van der Waals surface area contributed by atoms with Crippen LogP contribution in [0.15, 0.2) is 18.2 Å². The van der Waals surface area contributed by atoms with Crippen molar-refractivity contribution < 1.29 is 9.53 Å². The van der Waals surface area contributed by atoms with E-state index in [0.29, 0.717) is 16.7 Å². The van der Waals surface area contributed by atoms with E-state index in [4.69, 9.17) is 16.3 Å². The Morgan fingerprint density at radius 3 is 3.00 bits per heavy atom. The highest BCUT2D eigenvalue weighted by Crippen LogP contribution is 2.24. The van der Waals surface area contributed by atoms with Crippen LogP contribution in [0.1, 0.15) is 18.9 Å². The quantitative estimate of drug-likeness (QED) is 0.908. The van der Waals surface area contributed by atoms with E-state index in [1.54, 1.807) is 6.07 Å². The van der Waals surface area contributed by atoms with Crippen LogP contribution in [0.4, 0.5) is 0 Å². The zero-order valence-electron chi connectivity index (χ0n) is 12.9. The van der Waals surface area contributed by atoms with Gasteiger partial charge in [0.25, 0.3) is 5.91 Å². The second kappa shape index (κ2) is 7.14. The molecular weight excluding hydrogens is 288 g/mol. The van der Waals surface area contributed by atoms with Gasteiger partial charge < -0.3 is 15.0 Å². The van der Waals surface area contributed by atoms with E-state index in [1.807, 2.05) is 37.9 Å². The summed E-state index contributed by atoms with van der Waals surface area (Å²) in [6.45, 7) is 6.32. The normalized spacial score (nSPS) is 19.6. The number of benzene rings is 1. The van der Waals surface area contributed by atoms with Crippen molar-refractivity contribution in [2.24, 2.45) is 5.92 Å². The Kier molecular flexibility index (Phi) is 5.48. The Morgan fingerprint density at radius 1 is 1.57 bits per heavy atom. The third-order valence-corrected chi connectivity index (χ3v) is 4.11. The van der Waals surface area contributed by atoms with Gasteiger partial charge in [0.1, 0.15) is 5.75 Å². The fourth-order valence-corrected chi connectivity index (χ4v) is 2.96. The van der Waals surface area contributed by atoms with E-state index >= 15 is 0 Å². The van der Waals surface area contributed by atoms with Crippen LogP contribution >= 0.6 is 11.6 Å². The standard InChI is InChI=1S/C16H23ClN2O2/c1-11-8-14(17)4-5-15(11)21-12(2)16(20)19-7-6-13(10-19)9-18-3/h4-5,8,12-13,18H,6-7,9-10H2,1-3H3/t12-,13-/m1/s1. The minimum absolute atomic E-state index is 0.0583. The number of nitrogens with one attached hydrogen (secondary N) is 1. The number of hydrogen-bond acceptors (Lipinski definition) is 3. The van der Waals surface area contributed by atoms with E-state index in [1.165, 1.54) is 0 Å². The lowest BCUT2D eigenvalue weighted by Crippen LogP contribution is -2.39. The maximum Gasteiger partial charge on any atom is 0.263 e. The predicted molar refractivity (Wildman–Crippen MR) is 84.9 cm³/mol. The highest BCUT2D eigenvalue weighted by atomic mass is 35.5. The largest absolute Gasteiger partial charge is 0.481 e. The van der Waals surface area contributed by atoms with Crippen molar-refractivity contribution in [1.29, 1.82) is 0 Å². The Balaban J connectivity index is 1.94. The van der Waals surface area contributed by atoms with Gasteiger partial charge in [0.2, 0.25) is 0 Å². The van der Waals surface area contributed by atoms with E-state index in [-0.39, 0.29) is 5.91 Å². The molecule has 4 nitrogen and oxygen atoms in total. The highest BCUT2D eigenvalue weighted by molar-refractivity contribution is 6.30. The Bertz CT molecular complexity index is 507.